The number of benzene rings is 10. The van der Waals surface area contributed by atoms with Gasteiger partial charge in [0, 0.05) is 43.9 Å². The first-order valence-electron chi connectivity index (χ1n) is 36.2. The summed E-state index contributed by atoms with van der Waals surface area (Å²) in [6.45, 7) is 9.26. The highest BCUT2D eigenvalue weighted by molar-refractivity contribution is 6.14. The van der Waals surface area contributed by atoms with Gasteiger partial charge < -0.3 is 0 Å². The van der Waals surface area contributed by atoms with Gasteiger partial charge >= 0.3 is 0 Å². The molecule has 0 fully saturated rings. The van der Waals surface area contributed by atoms with Gasteiger partial charge in [-0.3, -0.25) is 4.57 Å². The molecule has 2 atom stereocenters. The van der Waals surface area contributed by atoms with Crippen molar-refractivity contribution >= 4 is 21.8 Å². The van der Waals surface area contributed by atoms with E-state index in [9.17, 15) is 0 Å². The van der Waals surface area contributed by atoms with Crippen molar-refractivity contribution in [2.75, 3.05) is 0 Å². The molecule has 0 N–H and O–H groups in total. The van der Waals surface area contributed by atoms with Crippen LogP contribution in [0.2, 0.25) is 0 Å². The molecule has 3 aliphatic carbocycles. The molecule has 97 heavy (non-hydrogen) atoms. The highest BCUT2D eigenvalue weighted by Gasteiger charge is 2.46. The zero-order valence-corrected chi connectivity index (χ0v) is 56.8. The third kappa shape index (κ3) is 11.7. The van der Waals surface area contributed by atoms with Crippen LogP contribution in [0.1, 0.15) is 182 Å². The van der Waals surface area contributed by atoms with Crippen LogP contribution in [0, 0.1) is 0 Å². The summed E-state index contributed by atoms with van der Waals surface area (Å²) in [5, 5.41) is 2.60. The van der Waals surface area contributed by atoms with Crippen molar-refractivity contribution in [3.05, 3.63) is 282 Å². The molecule has 0 saturated heterocycles. The predicted octanol–water partition coefficient (Wildman–Crippen LogP) is 23.9. The van der Waals surface area contributed by atoms with Gasteiger partial charge in [0.2, 0.25) is 5.95 Å². The van der Waals surface area contributed by atoms with Gasteiger partial charge in [-0.25, -0.2) is 19.9 Å². The molecule has 3 heterocycles. The van der Waals surface area contributed by atoms with Crippen LogP contribution in [0.3, 0.4) is 0 Å². The summed E-state index contributed by atoms with van der Waals surface area (Å²) >= 11 is 0. The quantitative estimate of drug-likeness (QED) is 0.0594. The molecule has 7 nitrogen and oxygen atoms in total. The van der Waals surface area contributed by atoms with E-state index < -0.39 is 0 Å². The molecule has 3 aromatic heterocycles. The SMILES string of the molecule is CCCCCC1(CCCCC)c2ccccc2-c2ccc3c(c21)c1ccccc1n3-c1nc(-c2ccccc2)nc(-c2ccccc2)n1.CCCCCCC1(CCCCC)c2ccccc2-c2cc3c(cc21)C(c1nc(-c2ccccc2)nc(-c2ccccc2)n1)c1ccccc1-3. The molecule has 482 valence electrons. The van der Waals surface area contributed by atoms with E-state index in [-0.39, 0.29) is 16.7 Å². The van der Waals surface area contributed by atoms with E-state index in [1.807, 2.05) is 48.5 Å². The largest absolute Gasteiger partial charge is 0.278 e. The van der Waals surface area contributed by atoms with Gasteiger partial charge in [-0.15, -0.1) is 0 Å². The lowest BCUT2D eigenvalue weighted by atomic mass is 9.69. The Bertz CT molecular complexity index is 4800. The lowest BCUT2D eigenvalue weighted by Gasteiger charge is -2.33. The maximum absolute atomic E-state index is 5.29. The van der Waals surface area contributed by atoms with Crippen molar-refractivity contribution in [2.45, 2.75) is 154 Å². The highest BCUT2D eigenvalue weighted by Crippen LogP contribution is 2.60. The Hall–Kier alpha value is -9.98. The monoisotopic (exact) mass is 1270 g/mol. The zero-order valence-electron chi connectivity index (χ0n) is 56.8. The van der Waals surface area contributed by atoms with Crippen LogP contribution >= 0.6 is 0 Å². The number of hydrogen-bond donors (Lipinski definition) is 0. The van der Waals surface area contributed by atoms with Gasteiger partial charge in [-0.1, -0.05) is 336 Å². The van der Waals surface area contributed by atoms with Crippen molar-refractivity contribution in [2.24, 2.45) is 0 Å². The molecule has 0 bridgehead atoms. The van der Waals surface area contributed by atoms with Gasteiger partial charge in [-0.05, 0) is 111 Å². The Morgan fingerprint density at radius 2 is 0.742 bits per heavy atom. The Kier molecular flexibility index (Phi) is 18.2. The maximum Gasteiger partial charge on any atom is 0.238 e. The van der Waals surface area contributed by atoms with E-state index in [1.165, 1.54) is 174 Å². The van der Waals surface area contributed by atoms with E-state index in [0.29, 0.717) is 29.2 Å². The molecular weight excluding hydrogens is 1180 g/mol. The van der Waals surface area contributed by atoms with Crippen molar-refractivity contribution in [3.63, 3.8) is 0 Å². The van der Waals surface area contributed by atoms with Crippen LogP contribution in [-0.2, 0) is 10.8 Å². The molecule has 2 unspecified atom stereocenters. The van der Waals surface area contributed by atoms with Gasteiger partial charge in [0.25, 0.3) is 0 Å². The van der Waals surface area contributed by atoms with Crippen LogP contribution in [0.25, 0.3) is 107 Å². The second-order valence-corrected chi connectivity index (χ2v) is 27.3. The van der Waals surface area contributed by atoms with Crippen LogP contribution in [0.5, 0.6) is 0 Å². The molecule has 0 saturated carbocycles. The molecule has 0 spiro atoms. The van der Waals surface area contributed by atoms with E-state index in [4.69, 9.17) is 29.9 Å². The zero-order chi connectivity index (χ0) is 65.7. The van der Waals surface area contributed by atoms with Gasteiger partial charge in [-0.2, -0.15) is 9.97 Å². The summed E-state index contributed by atoms with van der Waals surface area (Å²) in [5.74, 6) is 4.16. The number of fused-ring (bicyclic) bond motifs is 13. The van der Waals surface area contributed by atoms with Gasteiger partial charge in [0.1, 0.15) is 5.82 Å². The summed E-state index contributed by atoms with van der Waals surface area (Å²) in [6, 6.07) is 87.3. The van der Waals surface area contributed by atoms with Crippen LogP contribution < -0.4 is 0 Å². The molecule has 7 heteroatoms. The normalized spacial score (nSPS) is 15.1. The topological polar surface area (TPSA) is 82.3 Å². The minimum atomic E-state index is -0.0819. The predicted molar refractivity (Wildman–Crippen MR) is 402 cm³/mol. The number of nitrogens with zero attached hydrogens (tertiary/aromatic N) is 7. The molecule has 10 aromatic carbocycles. The fourth-order valence-electron chi connectivity index (χ4n) is 16.7. The Balaban J connectivity index is 0.000000159. The van der Waals surface area contributed by atoms with E-state index in [2.05, 4.69) is 226 Å². The number of unbranched alkanes of at least 4 members (excludes halogenated alkanes) is 9. The average Bonchev–Trinajstić information content (AvgIpc) is 1.54. The van der Waals surface area contributed by atoms with Crippen molar-refractivity contribution < 1.29 is 0 Å². The average molecular weight is 1270 g/mol. The second kappa shape index (κ2) is 28.0. The standard InChI is InChI=1S/C46H45N3.C44H42N4/c1-3-5-7-19-29-46(28-18-6-4-2)40-27-17-16-25-35(40)38-30-37-34-24-14-15-26-36(34)42(39(37)31-41(38)46)45-48-43(32-20-10-8-11-21-32)47-44(49-45)33-22-12-9-13-23-33;1-3-5-17-29-44(30-18-6-4-2)36-25-15-13-23-33(36)34-27-28-38-39(40(34)44)35-24-14-16-26-37(35)48(38)43-46-41(31-19-9-7-10-20-31)45-42(47-43)32-21-11-8-12-22-32/h8-17,20-27,30-31,42H,3-7,18-19,28-29H2,1-2H3;7-16,19-28H,3-6,17-18,29-30H2,1-2H3. The Morgan fingerprint density at radius 3 is 1.29 bits per heavy atom. The van der Waals surface area contributed by atoms with Crippen LogP contribution in [-0.4, -0.2) is 34.5 Å². The fourth-order valence-corrected chi connectivity index (χ4v) is 16.7. The Morgan fingerprint density at radius 1 is 0.309 bits per heavy atom. The van der Waals surface area contributed by atoms with Crippen molar-refractivity contribution in [1.82, 2.24) is 34.5 Å². The lowest BCUT2D eigenvalue weighted by molar-refractivity contribution is 0.403. The summed E-state index contributed by atoms with van der Waals surface area (Å²) in [5.41, 5.74) is 23.1. The number of rotatable bonds is 23. The minimum Gasteiger partial charge on any atom is -0.278 e. The smallest absolute Gasteiger partial charge is 0.238 e. The van der Waals surface area contributed by atoms with Gasteiger partial charge in [0.15, 0.2) is 23.3 Å². The first kappa shape index (κ1) is 63.1. The molecule has 0 radical (unpaired) electrons. The van der Waals surface area contributed by atoms with E-state index in [1.54, 1.807) is 0 Å². The maximum atomic E-state index is 5.29. The van der Waals surface area contributed by atoms with Crippen LogP contribution in [0.4, 0.5) is 0 Å². The molecule has 0 aliphatic heterocycles. The first-order chi connectivity index (χ1) is 47.9. The minimum absolute atomic E-state index is 0.0205. The first-order valence-corrected chi connectivity index (χ1v) is 36.2. The van der Waals surface area contributed by atoms with E-state index in [0.717, 1.165) is 52.0 Å². The third-order valence-electron chi connectivity index (χ3n) is 21.3. The fraction of sp³-hybridized carbons (Fsp3) is 0.267. The second-order valence-electron chi connectivity index (χ2n) is 27.3. The molecule has 0 amide bonds. The highest BCUT2D eigenvalue weighted by atomic mass is 15.2. The van der Waals surface area contributed by atoms with E-state index >= 15 is 0 Å². The summed E-state index contributed by atoms with van der Waals surface area (Å²) in [6.07, 6.45) is 20.9. The summed E-state index contributed by atoms with van der Waals surface area (Å²) in [4.78, 5) is 31.0. The lowest BCUT2D eigenvalue weighted by Crippen LogP contribution is -2.26. The molecule has 3 aliphatic rings. The molecule has 13 aromatic rings. The number of para-hydroxylation sites is 1. The summed E-state index contributed by atoms with van der Waals surface area (Å²) in [7, 11) is 0. The van der Waals surface area contributed by atoms with Crippen molar-refractivity contribution in [3.8, 4) is 84.9 Å². The summed E-state index contributed by atoms with van der Waals surface area (Å²) < 4.78 is 2.29. The number of hydrogen-bond acceptors (Lipinski definition) is 6. The van der Waals surface area contributed by atoms with Crippen LogP contribution in [0.15, 0.2) is 243 Å². The molecule has 16 rings (SSSR count). The third-order valence-corrected chi connectivity index (χ3v) is 21.3. The van der Waals surface area contributed by atoms with Gasteiger partial charge in [0.05, 0.1) is 17.0 Å². The Labute approximate surface area is 573 Å². The van der Waals surface area contributed by atoms with Crippen molar-refractivity contribution in [1.29, 1.82) is 0 Å². The molecular formula is C90H87N7. The number of aromatic nitrogens is 7.